The zero-order chi connectivity index (χ0) is 17.0. The quantitative estimate of drug-likeness (QED) is 0.458. The van der Waals surface area contributed by atoms with Crippen LogP contribution in [0.25, 0.3) is 0 Å². The summed E-state index contributed by atoms with van der Waals surface area (Å²) in [5, 5.41) is 4.05. The van der Waals surface area contributed by atoms with Crippen LogP contribution in [0.5, 0.6) is 0 Å². The van der Waals surface area contributed by atoms with Gasteiger partial charge in [0.05, 0.1) is 16.5 Å². The predicted molar refractivity (Wildman–Crippen MR) is 91.2 cm³/mol. The molecule has 5 heteroatoms. The first-order valence-electron chi connectivity index (χ1n) is 8.30. The van der Waals surface area contributed by atoms with E-state index in [0.717, 1.165) is 12.8 Å². The molecular weight excluding hydrogens is 292 g/mol. The van der Waals surface area contributed by atoms with Gasteiger partial charge in [0.2, 0.25) is 0 Å². The lowest BCUT2D eigenvalue weighted by atomic mass is 9.75. The summed E-state index contributed by atoms with van der Waals surface area (Å²) in [6.45, 7) is 6.60. The molecule has 2 rings (SSSR count). The molecule has 1 fully saturated rings. The highest BCUT2D eigenvalue weighted by atomic mass is 16.5. The summed E-state index contributed by atoms with van der Waals surface area (Å²) in [7, 11) is 1.57. The molecule has 1 aromatic carbocycles. The second kappa shape index (κ2) is 7.57. The van der Waals surface area contributed by atoms with Gasteiger partial charge in [-0.2, -0.15) is 0 Å². The monoisotopic (exact) mass is 318 g/mol. The van der Waals surface area contributed by atoms with E-state index in [-0.39, 0.29) is 12.1 Å². The minimum Gasteiger partial charge on any atom is -0.458 e. The number of carbonyl (C=O) groups excluding carboxylic acids is 1. The number of carbonyl (C=O) groups is 1. The van der Waals surface area contributed by atoms with Crippen LogP contribution in [0.3, 0.4) is 0 Å². The molecule has 126 valence electrons. The van der Waals surface area contributed by atoms with Crippen molar-refractivity contribution in [1.82, 2.24) is 0 Å². The Labute approximate surface area is 138 Å². The first kappa shape index (κ1) is 17.4. The van der Waals surface area contributed by atoms with Gasteiger partial charge in [0, 0.05) is 7.05 Å². The molecule has 0 amide bonds. The van der Waals surface area contributed by atoms with Crippen LogP contribution in [-0.4, -0.2) is 19.1 Å². The minimum atomic E-state index is -0.289. The fourth-order valence-corrected chi connectivity index (χ4v) is 3.32. The lowest BCUT2D eigenvalue weighted by molar-refractivity contribution is -0.0174. The molecule has 0 aliphatic heterocycles. The number of benzene rings is 1. The van der Waals surface area contributed by atoms with Gasteiger partial charge in [-0.1, -0.05) is 27.2 Å². The third-order valence-electron chi connectivity index (χ3n) is 4.82. The molecule has 0 saturated heterocycles. The van der Waals surface area contributed by atoms with E-state index in [2.05, 4.69) is 26.1 Å². The molecule has 1 saturated carbocycles. The number of anilines is 1. The van der Waals surface area contributed by atoms with Gasteiger partial charge in [0.15, 0.2) is 0 Å². The van der Waals surface area contributed by atoms with Crippen molar-refractivity contribution in [3.63, 3.8) is 0 Å². The van der Waals surface area contributed by atoms with Crippen molar-refractivity contribution in [2.24, 2.45) is 23.0 Å². The first-order valence-corrected chi connectivity index (χ1v) is 8.30. The predicted octanol–water partition coefficient (Wildman–Crippen LogP) is 4.42. The molecule has 0 aromatic heterocycles. The van der Waals surface area contributed by atoms with Crippen molar-refractivity contribution in [3.8, 4) is 0 Å². The second-order valence-corrected chi connectivity index (χ2v) is 6.92. The molecule has 0 heterocycles. The Kier molecular flexibility index (Phi) is 5.74. The summed E-state index contributed by atoms with van der Waals surface area (Å²) in [6, 6.07) is 6.74. The smallest absolute Gasteiger partial charge is 0.338 e. The number of rotatable bonds is 5. The third-order valence-corrected chi connectivity index (χ3v) is 4.82. The average Bonchev–Trinajstić information content (AvgIpc) is 2.54. The van der Waals surface area contributed by atoms with Gasteiger partial charge in [0.1, 0.15) is 6.10 Å². The fourth-order valence-electron chi connectivity index (χ4n) is 3.32. The van der Waals surface area contributed by atoms with E-state index in [1.54, 1.807) is 31.3 Å². The Bertz CT molecular complexity index is 542. The third kappa shape index (κ3) is 4.30. The van der Waals surface area contributed by atoms with E-state index in [0.29, 0.717) is 29.0 Å². The molecule has 0 unspecified atom stereocenters. The highest BCUT2D eigenvalue weighted by Gasteiger charge is 2.33. The van der Waals surface area contributed by atoms with Crippen LogP contribution < -0.4 is 5.01 Å². The van der Waals surface area contributed by atoms with Crippen molar-refractivity contribution in [2.75, 3.05) is 12.1 Å². The molecule has 1 aliphatic carbocycles. The molecule has 0 spiro atoms. The Hall–Kier alpha value is -1.91. The van der Waals surface area contributed by atoms with Crippen LogP contribution in [0, 0.1) is 22.7 Å². The van der Waals surface area contributed by atoms with E-state index < -0.39 is 0 Å². The molecule has 0 bridgehead atoms. The van der Waals surface area contributed by atoms with Gasteiger partial charge in [-0.05, 0) is 54.9 Å². The van der Waals surface area contributed by atoms with Crippen LogP contribution >= 0.6 is 0 Å². The molecule has 1 aromatic rings. The number of esters is 1. The highest BCUT2D eigenvalue weighted by molar-refractivity contribution is 5.90. The normalized spacial score (nSPS) is 24.3. The van der Waals surface area contributed by atoms with Crippen LogP contribution in [0.1, 0.15) is 50.4 Å². The van der Waals surface area contributed by atoms with Crippen LogP contribution in [0.4, 0.5) is 5.69 Å². The first-order chi connectivity index (χ1) is 10.9. The van der Waals surface area contributed by atoms with Crippen molar-refractivity contribution < 1.29 is 9.53 Å². The SMILES string of the molecule is CC(C)[C@H]1CC[C@H](C)C[C@@H]1OC(=O)c1ccc(N(C)N=O)cc1. The van der Waals surface area contributed by atoms with E-state index in [4.69, 9.17) is 4.74 Å². The van der Waals surface area contributed by atoms with Crippen molar-refractivity contribution >= 4 is 11.7 Å². The molecular formula is C18H26N2O3. The van der Waals surface area contributed by atoms with E-state index in [1.165, 1.54) is 11.4 Å². The maximum atomic E-state index is 12.4. The van der Waals surface area contributed by atoms with Crippen molar-refractivity contribution in [2.45, 2.75) is 46.1 Å². The lowest BCUT2D eigenvalue weighted by Gasteiger charge is -2.36. The Morgan fingerprint density at radius 1 is 1.26 bits per heavy atom. The highest BCUT2D eigenvalue weighted by Crippen LogP contribution is 2.35. The lowest BCUT2D eigenvalue weighted by Crippen LogP contribution is -2.35. The molecule has 23 heavy (non-hydrogen) atoms. The van der Waals surface area contributed by atoms with Gasteiger partial charge in [-0.25, -0.2) is 9.80 Å². The van der Waals surface area contributed by atoms with Gasteiger partial charge in [-0.15, -0.1) is 4.91 Å². The summed E-state index contributed by atoms with van der Waals surface area (Å²) in [6.07, 6.45) is 3.25. The Morgan fingerprint density at radius 3 is 2.48 bits per heavy atom. The topological polar surface area (TPSA) is 59.0 Å². The summed E-state index contributed by atoms with van der Waals surface area (Å²) in [4.78, 5) is 22.9. The summed E-state index contributed by atoms with van der Waals surface area (Å²) < 4.78 is 5.81. The zero-order valence-electron chi connectivity index (χ0n) is 14.4. The number of hydrogen-bond donors (Lipinski definition) is 0. The second-order valence-electron chi connectivity index (χ2n) is 6.92. The van der Waals surface area contributed by atoms with Gasteiger partial charge in [-0.3, -0.25) is 0 Å². The average molecular weight is 318 g/mol. The van der Waals surface area contributed by atoms with E-state index in [9.17, 15) is 9.70 Å². The van der Waals surface area contributed by atoms with Crippen molar-refractivity contribution in [1.29, 1.82) is 0 Å². The van der Waals surface area contributed by atoms with Crippen molar-refractivity contribution in [3.05, 3.63) is 34.7 Å². The summed E-state index contributed by atoms with van der Waals surface area (Å²) in [5.41, 5.74) is 1.15. The summed E-state index contributed by atoms with van der Waals surface area (Å²) in [5.74, 6) is 1.25. The van der Waals surface area contributed by atoms with Crippen LogP contribution in [-0.2, 0) is 4.74 Å². The maximum absolute atomic E-state index is 12.4. The van der Waals surface area contributed by atoms with Gasteiger partial charge >= 0.3 is 5.97 Å². The largest absolute Gasteiger partial charge is 0.458 e. The van der Waals surface area contributed by atoms with Gasteiger partial charge < -0.3 is 4.74 Å². The molecule has 0 radical (unpaired) electrons. The van der Waals surface area contributed by atoms with Crippen LogP contribution in [0.2, 0.25) is 0 Å². The Balaban J connectivity index is 2.06. The van der Waals surface area contributed by atoms with Crippen LogP contribution in [0.15, 0.2) is 29.6 Å². The number of hydrogen-bond acceptors (Lipinski definition) is 4. The standard InChI is InChI=1S/C18H26N2O3/c1-12(2)16-10-5-13(3)11-17(16)23-18(21)14-6-8-15(9-7-14)20(4)19-22/h6-9,12-13,16-17H,5,10-11H2,1-4H3/t13-,16+,17-/m0/s1. The molecule has 3 atom stereocenters. The Morgan fingerprint density at radius 2 is 1.91 bits per heavy atom. The van der Waals surface area contributed by atoms with E-state index in [1.807, 2.05) is 0 Å². The van der Waals surface area contributed by atoms with E-state index >= 15 is 0 Å². The number of ether oxygens (including phenoxy) is 1. The molecule has 5 nitrogen and oxygen atoms in total. The minimum absolute atomic E-state index is 0.00904. The fraction of sp³-hybridized carbons (Fsp3) is 0.611. The molecule has 1 aliphatic rings. The maximum Gasteiger partial charge on any atom is 0.338 e. The summed E-state index contributed by atoms with van der Waals surface area (Å²) >= 11 is 0. The molecule has 0 N–H and O–H groups in total. The zero-order valence-corrected chi connectivity index (χ0v) is 14.4. The number of nitrogens with zero attached hydrogens (tertiary/aromatic N) is 2. The number of nitroso groups, excluding NO2 is 1. The van der Waals surface area contributed by atoms with Gasteiger partial charge in [0.25, 0.3) is 0 Å².